The Balaban J connectivity index is 2.13. The minimum atomic E-state index is -0.982. The van der Waals surface area contributed by atoms with Crippen molar-refractivity contribution < 1.29 is 4.39 Å². The minimum absolute atomic E-state index is 0.366. The number of imidazole rings is 1. The summed E-state index contributed by atoms with van der Waals surface area (Å²) in [7, 11) is 0. The molecule has 0 aliphatic heterocycles. The van der Waals surface area contributed by atoms with Gasteiger partial charge in [-0.25, -0.2) is 9.37 Å². The fraction of sp³-hybridized carbons (Fsp3) is 0.750. The molecule has 15 heavy (non-hydrogen) atoms. The van der Waals surface area contributed by atoms with Gasteiger partial charge in [-0.2, -0.15) is 0 Å². The van der Waals surface area contributed by atoms with Crippen LogP contribution in [0.25, 0.3) is 0 Å². The molecule has 0 N–H and O–H groups in total. The molecule has 1 aliphatic carbocycles. The van der Waals surface area contributed by atoms with E-state index in [0.717, 1.165) is 18.7 Å². The first kappa shape index (κ1) is 10.7. The van der Waals surface area contributed by atoms with Gasteiger partial charge in [0, 0.05) is 18.3 Å². The van der Waals surface area contributed by atoms with E-state index in [1.807, 2.05) is 10.8 Å². The van der Waals surface area contributed by atoms with Crippen molar-refractivity contribution in [3.8, 4) is 0 Å². The van der Waals surface area contributed by atoms with Crippen LogP contribution in [0.2, 0.25) is 0 Å². The van der Waals surface area contributed by atoms with Gasteiger partial charge in [-0.3, -0.25) is 0 Å². The van der Waals surface area contributed by atoms with Crippen LogP contribution in [0.3, 0.4) is 0 Å². The van der Waals surface area contributed by atoms with E-state index >= 15 is 0 Å². The Hall–Kier alpha value is -0.860. The molecular weight excluding hydrogens is 191 g/mol. The molecule has 0 aromatic carbocycles. The average molecular weight is 210 g/mol. The van der Waals surface area contributed by atoms with Crippen LogP contribution < -0.4 is 0 Å². The van der Waals surface area contributed by atoms with Gasteiger partial charge in [0.1, 0.15) is 11.5 Å². The van der Waals surface area contributed by atoms with Crippen LogP contribution >= 0.6 is 0 Å². The van der Waals surface area contributed by atoms with E-state index in [4.69, 9.17) is 0 Å². The van der Waals surface area contributed by atoms with Crippen LogP contribution in [0, 0.1) is 0 Å². The molecule has 0 amide bonds. The van der Waals surface area contributed by atoms with Crippen molar-refractivity contribution in [2.45, 2.75) is 57.7 Å². The van der Waals surface area contributed by atoms with Crippen LogP contribution in [0.15, 0.2) is 12.4 Å². The summed E-state index contributed by atoms with van der Waals surface area (Å²) < 4.78 is 16.3. The maximum Gasteiger partial charge on any atom is 0.128 e. The third-order valence-electron chi connectivity index (χ3n) is 3.22. The Morgan fingerprint density at radius 2 is 2.13 bits per heavy atom. The maximum atomic E-state index is 14.3. The van der Waals surface area contributed by atoms with Crippen LogP contribution in [0.5, 0.6) is 0 Å². The Kier molecular flexibility index (Phi) is 2.81. The fourth-order valence-electron chi connectivity index (χ4n) is 2.43. The zero-order chi connectivity index (χ0) is 10.9. The summed E-state index contributed by atoms with van der Waals surface area (Å²) >= 11 is 0. The van der Waals surface area contributed by atoms with Crippen molar-refractivity contribution in [1.82, 2.24) is 9.55 Å². The number of aromatic nitrogens is 2. The SMILES string of the molecule is CC(C)c1nccn1CC1(F)CCCC1. The second kappa shape index (κ2) is 3.95. The molecule has 1 fully saturated rings. The number of alkyl halides is 1. The largest absolute Gasteiger partial charge is 0.332 e. The summed E-state index contributed by atoms with van der Waals surface area (Å²) in [6, 6.07) is 0. The molecule has 0 bridgehead atoms. The number of halogens is 1. The number of rotatable bonds is 3. The minimum Gasteiger partial charge on any atom is -0.332 e. The first-order chi connectivity index (χ1) is 7.11. The molecule has 84 valence electrons. The second-order valence-corrected chi connectivity index (χ2v) is 4.93. The summed E-state index contributed by atoms with van der Waals surface area (Å²) in [6.07, 6.45) is 7.15. The molecule has 0 saturated heterocycles. The highest BCUT2D eigenvalue weighted by atomic mass is 19.1. The molecule has 1 saturated carbocycles. The summed E-state index contributed by atoms with van der Waals surface area (Å²) in [6.45, 7) is 4.68. The summed E-state index contributed by atoms with van der Waals surface area (Å²) in [5.74, 6) is 1.36. The molecule has 3 heteroatoms. The molecule has 2 nitrogen and oxygen atoms in total. The van der Waals surface area contributed by atoms with Gasteiger partial charge in [0.25, 0.3) is 0 Å². The van der Waals surface area contributed by atoms with Gasteiger partial charge in [0.05, 0.1) is 6.54 Å². The summed E-state index contributed by atoms with van der Waals surface area (Å²) in [5, 5.41) is 0. The van der Waals surface area contributed by atoms with E-state index in [9.17, 15) is 4.39 Å². The van der Waals surface area contributed by atoms with Crippen molar-refractivity contribution in [1.29, 1.82) is 0 Å². The van der Waals surface area contributed by atoms with Crippen molar-refractivity contribution >= 4 is 0 Å². The molecule has 1 aromatic heterocycles. The zero-order valence-electron chi connectivity index (χ0n) is 9.54. The van der Waals surface area contributed by atoms with Crippen LogP contribution in [-0.4, -0.2) is 15.2 Å². The smallest absolute Gasteiger partial charge is 0.128 e. The summed E-state index contributed by atoms with van der Waals surface area (Å²) in [4.78, 5) is 4.29. The molecule has 0 unspecified atom stereocenters. The molecule has 0 radical (unpaired) electrons. The van der Waals surface area contributed by atoms with Gasteiger partial charge in [-0.05, 0) is 12.8 Å². The van der Waals surface area contributed by atoms with E-state index in [-0.39, 0.29) is 0 Å². The molecule has 1 aliphatic rings. The van der Waals surface area contributed by atoms with Gasteiger partial charge in [0.15, 0.2) is 0 Å². The Labute approximate surface area is 90.5 Å². The van der Waals surface area contributed by atoms with E-state index in [0.29, 0.717) is 25.3 Å². The van der Waals surface area contributed by atoms with Gasteiger partial charge >= 0.3 is 0 Å². The van der Waals surface area contributed by atoms with Crippen LogP contribution in [0.4, 0.5) is 4.39 Å². The van der Waals surface area contributed by atoms with E-state index in [2.05, 4.69) is 18.8 Å². The Morgan fingerprint density at radius 1 is 1.47 bits per heavy atom. The second-order valence-electron chi connectivity index (χ2n) is 4.93. The standard InChI is InChI=1S/C12H19FN2/c1-10(2)11-14-7-8-15(11)9-12(13)5-3-4-6-12/h7-8,10H,3-6,9H2,1-2H3. The maximum absolute atomic E-state index is 14.3. The van der Waals surface area contributed by atoms with Gasteiger partial charge in [-0.15, -0.1) is 0 Å². The predicted octanol–water partition coefficient (Wildman–Crippen LogP) is 3.29. The Morgan fingerprint density at radius 3 is 2.73 bits per heavy atom. The van der Waals surface area contributed by atoms with E-state index in [1.54, 1.807) is 6.20 Å². The number of hydrogen-bond donors (Lipinski definition) is 0. The molecule has 0 atom stereocenters. The lowest BCUT2D eigenvalue weighted by Crippen LogP contribution is -2.26. The first-order valence-electron chi connectivity index (χ1n) is 5.81. The molecule has 1 heterocycles. The monoisotopic (exact) mass is 210 g/mol. The average Bonchev–Trinajstić information content (AvgIpc) is 2.75. The highest BCUT2D eigenvalue weighted by molar-refractivity contribution is 5.00. The topological polar surface area (TPSA) is 17.8 Å². The van der Waals surface area contributed by atoms with Crippen LogP contribution in [-0.2, 0) is 6.54 Å². The Bertz CT molecular complexity index is 324. The zero-order valence-corrected chi connectivity index (χ0v) is 9.54. The first-order valence-corrected chi connectivity index (χ1v) is 5.81. The van der Waals surface area contributed by atoms with Gasteiger partial charge in [0.2, 0.25) is 0 Å². The van der Waals surface area contributed by atoms with Crippen molar-refractivity contribution in [2.75, 3.05) is 0 Å². The third kappa shape index (κ3) is 2.21. The number of hydrogen-bond acceptors (Lipinski definition) is 1. The molecular formula is C12H19FN2. The quantitative estimate of drug-likeness (QED) is 0.748. The third-order valence-corrected chi connectivity index (χ3v) is 3.22. The number of nitrogens with zero attached hydrogens (tertiary/aromatic N) is 2. The van der Waals surface area contributed by atoms with Gasteiger partial charge < -0.3 is 4.57 Å². The highest BCUT2D eigenvalue weighted by Crippen LogP contribution is 2.35. The normalized spacial score (nSPS) is 20.0. The molecule has 0 spiro atoms. The lowest BCUT2D eigenvalue weighted by Gasteiger charge is -2.21. The molecule has 2 rings (SSSR count). The fourth-order valence-corrected chi connectivity index (χ4v) is 2.43. The van der Waals surface area contributed by atoms with Crippen molar-refractivity contribution in [2.24, 2.45) is 0 Å². The highest BCUT2D eigenvalue weighted by Gasteiger charge is 2.34. The van der Waals surface area contributed by atoms with Crippen molar-refractivity contribution in [3.05, 3.63) is 18.2 Å². The van der Waals surface area contributed by atoms with Crippen LogP contribution in [0.1, 0.15) is 51.3 Å². The molecule has 1 aromatic rings. The van der Waals surface area contributed by atoms with Crippen molar-refractivity contribution in [3.63, 3.8) is 0 Å². The predicted molar refractivity (Wildman–Crippen MR) is 58.6 cm³/mol. The lowest BCUT2D eigenvalue weighted by molar-refractivity contribution is 0.143. The summed E-state index contributed by atoms with van der Waals surface area (Å²) in [5.41, 5.74) is -0.982. The van der Waals surface area contributed by atoms with Gasteiger partial charge in [-0.1, -0.05) is 26.7 Å². The van der Waals surface area contributed by atoms with E-state index in [1.165, 1.54) is 0 Å². The van der Waals surface area contributed by atoms with E-state index < -0.39 is 5.67 Å². The lowest BCUT2D eigenvalue weighted by atomic mass is 10.0.